The van der Waals surface area contributed by atoms with E-state index in [1.807, 2.05) is 6.92 Å². The number of hydrogen-bond donors (Lipinski definition) is 2. The summed E-state index contributed by atoms with van der Waals surface area (Å²) in [7, 11) is 0. The highest BCUT2D eigenvalue weighted by Crippen LogP contribution is 2.31. The minimum atomic E-state index is -0.874. The molecule has 0 aliphatic heterocycles. The molecule has 1 aliphatic rings. The molecule has 114 valence electrons. The molecular weight excluding hydrogens is 270 g/mol. The van der Waals surface area contributed by atoms with Crippen LogP contribution in [-0.4, -0.2) is 23.6 Å². The lowest BCUT2D eigenvalue weighted by Gasteiger charge is -2.27. The van der Waals surface area contributed by atoms with Crippen molar-refractivity contribution in [2.75, 3.05) is 11.9 Å². The van der Waals surface area contributed by atoms with Crippen molar-refractivity contribution in [3.05, 3.63) is 24.3 Å². The summed E-state index contributed by atoms with van der Waals surface area (Å²) in [6.07, 6.45) is 3.01. The molecule has 1 amide bonds. The number of carbonyl (C=O) groups excluding carboxylic acids is 1. The highest BCUT2D eigenvalue weighted by atomic mass is 16.5. The number of carboxylic acid groups (broad SMARTS) is 1. The van der Waals surface area contributed by atoms with Crippen LogP contribution in [0.15, 0.2) is 24.3 Å². The number of rotatable bonds is 5. The summed E-state index contributed by atoms with van der Waals surface area (Å²) < 4.78 is 5.34. The smallest absolute Gasteiger partial charge is 0.307 e. The lowest BCUT2D eigenvalue weighted by molar-refractivity contribution is -0.147. The van der Waals surface area contributed by atoms with E-state index >= 15 is 0 Å². The highest BCUT2D eigenvalue weighted by molar-refractivity contribution is 5.95. The van der Waals surface area contributed by atoms with Crippen molar-refractivity contribution in [1.29, 1.82) is 0 Å². The molecule has 1 fully saturated rings. The van der Waals surface area contributed by atoms with Crippen LogP contribution in [0.3, 0.4) is 0 Å². The molecule has 2 N–H and O–H groups in total. The van der Waals surface area contributed by atoms with Crippen LogP contribution in [-0.2, 0) is 9.59 Å². The van der Waals surface area contributed by atoms with Crippen LogP contribution in [0.25, 0.3) is 0 Å². The van der Waals surface area contributed by atoms with Gasteiger partial charge in [-0.15, -0.1) is 0 Å². The maximum Gasteiger partial charge on any atom is 0.307 e. The summed E-state index contributed by atoms with van der Waals surface area (Å²) in [5, 5.41) is 12.0. The van der Waals surface area contributed by atoms with Crippen molar-refractivity contribution in [3.63, 3.8) is 0 Å². The third kappa shape index (κ3) is 3.97. The van der Waals surface area contributed by atoms with E-state index in [0.29, 0.717) is 25.1 Å². The van der Waals surface area contributed by atoms with Gasteiger partial charge in [0.05, 0.1) is 18.4 Å². The van der Waals surface area contributed by atoms with Crippen LogP contribution in [0.1, 0.15) is 32.6 Å². The van der Waals surface area contributed by atoms with E-state index in [9.17, 15) is 14.7 Å². The van der Waals surface area contributed by atoms with Gasteiger partial charge >= 0.3 is 5.97 Å². The van der Waals surface area contributed by atoms with Crippen molar-refractivity contribution in [3.8, 4) is 5.75 Å². The molecule has 0 unspecified atom stereocenters. The summed E-state index contributed by atoms with van der Waals surface area (Å²) in [6, 6.07) is 7.10. The van der Waals surface area contributed by atoms with Crippen LogP contribution in [0.4, 0.5) is 5.69 Å². The first kappa shape index (κ1) is 15.4. The maximum atomic E-state index is 12.3. The van der Waals surface area contributed by atoms with Gasteiger partial charge in [-0.2, -0.15) is 0 Å². The van der Waals surface area contributed by atoms with Crippen molar-refractivity contribution in [2.24, 2.45) is 11.8 Å². The Morgan fingerprint density at radius 3 is 2.38 bits per heavy atom. The predicted octanol–water partition coefficient (Wildman–Crippen LogP) is 2.91. The van der Waals surface area contributed by atoms with E-state index in [-0.39, 0.29) is 5.91 Å². The van der Waals surface area contributed by atoms with E-state index in [0.717, 1.165) is 18.6 Å². The average molecular weight is 291 g/mol. The Hall–Kier alpha value is -2.04. The number of carbonyl (C=O) groups is 2. The molecule has 1 aromatic rings. The number of anilines is 1. The van der Waals surface area contributed by atoms with Gasteiger partial charge in [0.25, 0.3) is 0 Å². The molecule has 1 aliphatic carbocycles. The molecule has 1 aromatic carbocycles. The second kappa shape index (κ2) is 7.11. The van der Waals surface area contributed by atoms with E-state index in [1.165, 1.54) is 0 Å². The third-order valence-electron chi connectivity index (χ3n) is 3.85. The largest absolute Gasteiger partial charge is 0.494 e. The Morgan fingerprint density at radius 2 is 1.81 bits per heavy atom. The number of aliphatic carboxylic acids is 1. The minimum Gasteiger partial charge on any atom is -0.494 e. The third-order valence-corrected chi connectivity index (χ3v) is 3.85. The van der Waals surface area contributed by atoms with E-state index < -0.39 is 17.8 Å². The van der Waals surface area contributed by atoms with Crippen molar-refractivity contribution < 1.29 is 19.4 Å². The maximum absolute atomic E-state index is 12.3. The molecule has 0 bridgehead atoms. The van der Waals surface area contributed by atoms with Gasteiger partial charge in [0.15, 0.2) is 0 Å². The van der Waals surface area contributed by atoms with Gasteiger partial charge in [-0.25, -0.2) is 0 Å². The molecule has 0 heterocycles. The topological polar surface area (TPSA) is 75.6 Å². The number of nitrogens with one attached hydrogen (secondary N) is 1. The molecule has 2 rings (SSSR count). The van der Waals surface area contributed by atoms with E-state index in [4.69, 9.17) is 4.74 Å². The van der Waals surface area contributed by atoms with E-state index in [2.05, 4.69) is 5.32 Å². The Labute approximate surface area is 124 Å². The molecular formula is C16H21NO4. The monoisotopic (exact) mass is 291 g/mol. The second-order valence-electron chi connectivity index (χ2n) is 5.28. The van der Waals surface area contributed by atoms with Gasteiger partial charge in [0.2, 0.25) is 5.91 Å². The number of ether oxygens (including phenoxy) is 1. The molecule has 0 aromatic heterocycles. The number of amides is 1. The lowest BCUT2D eigenvalue weighted by Crippen LogP contribution is -2.36. The minimum absolute atomic E-state index is 0.203. The van der Waals surface area contributed by atoms with Gasteiger partial charge < -0.3 is 15.2 Å². The summed E-state index contributed by atoms with van der Waals surface area (Å²) in [5.41, 5.74) is 0.665. The molecule has 0 radical (unpaired) electrons. The first-order valence-corrected chi connectivity index (χ1v) is 7.38. The van der Waals surface area contributed by atoms with Crippen LogP contribution in [0, 0.1) is 11.8 Å². The van der Waals surface area contributed by atoms with Crippen LogP contribution in [0.5, 0.6) is 5.75 Å². The zero-order valence-electron chi connectivity index (χ0n) is 12.2. The summed E-state index contributed by atoms with van der Waals surface area (Å²) >= 11 is 0. The summed E-state index contributed by atoms with van der Waals surface area (Å²) in [5.74, 6) is -1.34. The molecule has 5 heteroatoms. The molecule has 21 heavy (non-hydrogen) atoms. The summed E-state index contributed by atoms with van der Waals surface area (Å²) in [4.78, 5) is 23.5. The standard InChI is InChI=1S/C16H21NO4/c1-2-21-12-9-7-11(8-10-12)17-15(18)13-5-3-4-6-14(13)16(19)20/h7-10,13-14H,2-6H2,1H3,(H,17,18)(H,19,20)/t13-,14-/m1/s1. The Bertz CT molecular complexity index is 498. The van der Waals surface area contributed by atoms with Crippen LogP contribution >= 0.6 is 0 Å². The zero-order valence-corrected chi connectivity index (χ0v) is 12.2. The fourth-order valence-corrected chi connectivity index (χ4v) is 2.78. The first-order chi connectivity index (χ1) is 10.1. The SMILES string of the molecule is CCOc1ccc(NC(=O)[C@@H]2CCCC[C@H]2C(=O)O)cc1. The quantitative estimate of drug-likeness (QED) is 0.874. The van der Waals surface area contributed by atoms with Crippen molar-refractivity contribution in [1.82, 2.24) is 0 Å². The Morgan fingerprint density at radius 1 is 1.19 bits per heavy atom. The van der Waals surface area contributed by atoms with Gasteiger partial charge in [0, 0.05) is 5.69 Å². The highest BCUT2D eigenvalue weighted by Gasteiger charge is 2.35. The van der Waals surface area contributed by atoms with Gasteiger partial charge in [0.1, 0.15) is 5.75 Å². The Balaban J connectivity index is 2.00. The molecule has 0 saturated heterocycles. The van der Waals surface area contributed by atoms with Crippen molar-refractivity contribution >= 4 is 17.6 Å². The predicted molar refractivity (Wildman–Crippen MR) is 79.3 cm³/mol. The zero-order chi connectivity index (χ0) is 15.2. The summed E-state index contributed by atoms with van der Waals surface area (Å²) in [6.45, 7) is 2.50. The van der Waals surface area contributed by atoms with Crippen molar-refractivity contribution in [2.45, 2.75) is 32.6 Å². The van der Waals surface area contributed by atoms with E-state index in [1.54, 1.807) is 24.3 Å². The van der Waals surface area contributed by atoms with Gasteiger partial charge in [-0.3, -0.25) is 9.59 Å². The number of hydrogen-bond acceptors (Lipinski definition) is 3. The first-order valence-electron chi connectivity index (χ1n) is 7.38. The lowest BCUT2D eigenvalue weighted by atomic mass is 9.78. The fraction of sp³-hybridized carbons (Fsp3) is 0.500. The molecule has 5 nitrogen and oxygen atoms in total. The van der Waals surface area contributed by atoms with Gasteiger partial charge in [-0.1, -0.05) is 12.8 Å². The molecule has 2 atom stereocenters. The average Bonchev–Trinajstić information content (AvgIpc) is 2.49. The normalized spacial score (nSPS) is 21.6. The van der Waals surface area contributed by atoms with Gasteiger partial charge in [-0.05, 0) is 44.0 Å². The fourth-order valence-electron chi connectivity index (χ4n) is 2.78. The Kier molecular flexibility index (Phi) is 5.20. The van der Waals surface area contributed by atoms with Crippen LogP contribution < -0.4 is 10.1 Å². The molecule has 0 spiro atoms. The number of carboxylic acids is 1. The number of benzene rings is 1. The molecule has 1 saturated carbocycles. The second-order valence-corrected chi connectivity index (χ2v) is 5.28. The van der Waals surface area contributed by atoms with Crippen LogP contribution in [0.2, 0.25) is 0 Å².